The number of hydrogen-bond donors (Lipinski definition) is 2. The molecule has 0 radical (unpaired) electrons. The van der Waals surface area contributed by atoms with Crippen molar-refractivity contribution in [3.05, 3.63) is 78.1 Å². The number of ether oxygens (including phenoxy) is 1. The van der Waals surface area contributed by atoms with E-state index in [-0.39, 0.29) is 5.91 Å². The summed E-state index contributed by atoms with van der Waals surface area (Å²) in [7, 11) is 0. The topological polar surface area (TPSA) is 66.5 Å². The lowest BCUT2D eigenvalue weighted by Gasteiger charge is -2.30. The summed E-state index contributed by atoms with van der Waals surface area (Å²) >= 11 is 0. The number of aromatic nitrogens is 1. The molecule has 29 heavy (non-hydrogen) atoms. The van der Waals surface area contributed by atoms with Crippen molar-refractivity contribution in [3.8, 4) is 0 Å². The molecule has 2 heterocycles. The molecular formula is C23H24N4O2. The molecule has 3 aromatic rings. The maximum atomic E-state index is 12.6. The normalized spacial score (nSPS) is 13.8. The smallest absolute Gasteiger partial charge is 0.274 e. The van der Waals surface area contributed by atoms with Gasteiger partial charge in [-0.05, 0) is 48.9 Å². The van der Waals surface area contributed by atoms with Crippen LogP contribution in [-0.2, 0) is 4.74 Å². The monoisotopic (exact) mass is 388 g/mol. The Morgan fingerprint density at radius 3 is 2.66 bits per heavy atom. The van der Waals surface area contributed by atoms with E-state index in [9.17, 15) is 4.79 Å². The Bertz CT molecular complexity index is 999. The third kappa shape index (κ3) is 4.73. The molecule has 4 rings (SSSR count). The van der Waals surface area contributed by atoms with Crippen molar-refractivity contribution in [2.24, 2.45) is 0 Å². The highest BCUT2D eigenvalue weighted by Crippen LogP contribution is 2.29. The number of amides is 1. The summed E-state index contributed by atoms with van der Waals surface area (Å²) in [6, 6.07) is 19.5. The molecule has 0 bridgehead atoms. The van der Waals surface area contributed by atoms with E-state index in [1.54, 1.807) is 12.3 Å². The van der Waals surface area contributed by atoms with Crippen molar-refractivity contribution in [2.45, 2.75) is 6.92 Å². The minimum absolute atomic E-state index is 0.235. The van der Waals surface area contributed by atoms with Crippen LogP contribution in [0.1, 0.15) is 16.1 Å². The summed E-state index contributed by atoms with van der Waals surface area (Å²) in [5, 5.41) is 6.34. The van der Waals surface area contributed by atoms with Gasteiger partial charge in [0, 0.05) is 30.7 Å². The Balaban J connectivity index is 1.52. The van der Waals surface area contributed by atoms with Crippen LogP contribution >= 0.6 is 0 Å². The molecule has 6 nitrogen and oxygen atoms in total. The summed E-state index contributed by atoms with van der Waals surface area (Å²) in [6.45, 7) is 5.17. The van der Waals surface area contributed by atoms with Gasteiger partial charge in [-0.25, -0.2) is 0 Å². The number of rotatable bonds is 5. The van der Waals surface area contributed by atoms with Crippen LogP contribution in [0.4, 0.5) is 22.7 Å². The molecule has 2 N–H and O–H groups in total. The van der Waals surface area contributed by atoms with Crippen LogP contribution in [0.3, 0.4) is 0 Å². The molecule has 1 aliphatic heterocycles. The van der Waals surface area contributed by atoms with Crippen LogP contribution in [0.15, 0.2) is 66.9 Å². The molecule has 0 unspecified atom stereocenters. The number of nitrogens with one attached hydrogen (secondary N) is 2. The first-order valence-corrected chi connectivity index (χ1v) is 9.72. The fraction of sp³-hybridized carbons (Fsp3) is 0.217. The first-order valence-electron chi connectivity index (χ1n) is 9.72. The number of para-hydroxylation sites is 2. The van der Waals surface area contributed by atoms with Crippen LogP contribution in [0.2, 0.25) is 0 Å². The number of nitrogens with zero attached hydrogens (tertiary/aromatic N) is 2. The quantitative estimate of drug-likeness (QED) is 0.685. The Morgan fingerprint density at radius 2 is 1.83 bits per heavy atom. The molecule has 2 aromatic carbocycles. The van der Waals surface area contributed by atoms with Gasteiger partial charge in [0.2, 0.25) is 0 Å². The number of morpholine rings is 1. The lowest BCUT2D eigenvalue weighted by Crippen LogP contribution is -2.36. The highest BCUT2D eigenvalue weighted by atomic mass is 16.5. The number of pyridine rings is 1. The number of anilines is 4. The number of aryl methyl sites for hydroxylation is 1. The average Bonchev–Trinajstić information content (AvgIpc) is 2.75. The zero-order valence-electron chi connectivity index (χ0n) is 16.4. The SMILES string of the molecule is Cc1cccc(NC(=O)c2cc(Nc3ccccc3N3CCOCC3)ccn2)c1. The van der Waals surface area contributed by atoms with Crippen LogP contribution in [0, 0.1) is 6.92 Å². The molecule has 0 spiro atoms. The largest absolute Gasteiger partial charge is 0.378 e. The number of hydrogen-bond acceptors (Lipinski definition) is 5. The molecule has 1 amide bonds. The molecule has 0 aliphatic carbocycles. The molecule has 1 saturated heterocycles. The minimum atomic E-state index is -0.235. The van der Waals surface area contributed by atoms with Crippen LogP contribution in [0.5, 0.6) is 0 Å². The van der Waals surface area contributed by atoms with Crippen molar-refractivity contribution in [2.75, 3.05) is 41.8 Å². The van der Waals surface area contributed by atoms with Gasteiger partial charge in [-0.2, -0.15) is 0 Å². The van der Waals surface area contributed by atoms with Gasteiger partial charge in [0.05, 0.1) is 24.6 Å². The van der Waals surface area contributed by atoms with Crippen LogP contribution in [-0.4, -0.2) is 37.2 Å². The van der Waals surface area contributed by atoms with E-state index in [2.05, 4.69) is 26.6 Å². The summed E-state index contributed by atoms with van der Waals surface area (Å²) in [6.07, 6.45) is 1.64. The van der Waals surface area contributed by atoms with Crippen molar-refractivity contribution in [1.82, 2.24) is 4.98 Å². The van der Waals surface area contributed by atoms with Gasteiger partial charge in [0.1, 0.15) is 5.69 Å². The molecule has 0 saturated carbocycles. The fourth-order valence-electron chi connectivity index (χ4n) is 3.37. The highest BCUT2D eigenvalue weighted by molar-refractivity contribution is 6.03. The molecule has 1 aliphatic rings. The summed E-state index contributed by atoms with van der Waals surface area (Å²) in [5.74, 6) is -0.235. The lowest BCUT2D eigenvalue weighted by molar-refractivity contribution is 0.102. The molecule has 6 heteroatoms. The Morgan fingerprint density at radius 1 is 1.00 bits per heavy atom. The zero-order valence-corrected chi connectivity index (χ0v) is 16.4. The Labute approximate surface area is 170 Å². The van der Waals surface area contributed by atoms with E-state index in [4.69, 9.17) is 4.74 Å². The third-order valence-electron chi connectivity index (χ3n) is 4.80. The molecule has 1 aromatic heterocycles. The van der Waals surface area contributed by atoms with Gasteiger partial charge in [0.25, 0.3) is 5.91 Å². The van der Waals surface area contributed by atoms with Gasteiger partial charge in [-0.1, -0.05) is 24.3 Å². The van der Waals surface area contributed by atoms with Crippen molar-refractivity contribution >= 4 is 28.7 Å². The van der Waals surface area contributed by atoms with Crippen LogP contribution in [0.25, 0.3) is 0 Å². The van der Waals surface area contributed by atoms with E-state index in [1.165, 1.54) is 0 Å². The maximum absolute atomic E-state index is 12.6. The van der Waals surface area contributed by atoms with Crippen LogP contribution < -0.4 is 15.5 Å². The highest BCUT2D eigenvalue weighted by Gasteiger charge is 2.15. The molecular weight excluding hydrogens is 364 g/mol. The summed E-state index contributed by atoms with van der Waals surface area (Å²) < 4.78 is 5.46. The minimum Gasteiger partial charge on any atom is -0.378 e. The first kappa shape index (κ1) is 19.0. The van der Waals surface area contributed by atoms with E-state index in [0.717, 1.165) is 54.6 Å². The zero-order chi connectivity index (χ0) is 20.1. The predicted octanol–water partition coefficient (Wildman–Crippen LogP) is 4.22. The molecule has 148 valence electrons. The molecule has 1 fully saturated rings. The van der Waals surface area contributed by atoms with E-state index < -0.39 is 0 Å². The molecule has 0 atom stereocenters. The van der Waals surface area contributed by atoms with E-state index >= 15 is 0 Å². The average molecular weight is 388 g/mol. The second-order valence-corrected chi connectivity index (χ2v) is 6.99. The van der Waals surface area contributed by atoms with E-state index in [1.807, 2.05) is 55.5 Å². The number of benzene rings is 2. The van der Waals surface area contributed by atoms with Gasteiger partial charge >= 0.3 is 0 Å². The van der Waals surface area contributed by atoms with Crippen molar-refractivity contribution in [3.63, 3.8) is 0 Å². The number of carbonyl (C=O) groups excluding carboxylic acids is 1. The Hall–Kier alpha value is -3.38. The van der Waals surface area contributed by atoms with Crippen molar-refractivity contribution in [1.29, 1.82) is 0 Å². The van der Waals surface area contributed by atoms with Crippen molar-refractivity contribution < 1.29 is 9.53 Å². The first-order chi connectivity index (χ1) is 14.2. The second-order valence-electron chi connectivity index (χ2n) is 6.99. The standard InChI is InChI=1S/C23H24N4O2/c1-17-5-4-6-18(15-17)26-23(28)21-16-19(9-10-24-21)25-20-7-2-3-8-22(20)27-11-13-29-14-12-27/h2-10,15-16H,11-14H2,1H3,(H,24,25)(H,26,28). The maximum Gasteiger partial charge on any atom is 0.274 e. The van der Waals surface area contributed by atoms with Gasteiger partial charge in [-0.15, -0.1) is 0 Å². The fourth-order valence-corrected chi connectivity index (χ4v) is 3.37. The lowest BCUT2D eigenvalue weighted by atomic mass is 10.2. The number of carbonyl (C=O) groups is 1. The second kappa shape index (κ2) is 8.75. The summed E-state index contributed by atoms with van der Waals surface area (Å²) in [5.41, 5.74) is 5.14. The van der Waals surface area contributed by atoms with E-state index in [0.29, 0.717) is 5.69 Å². The van der Waals surface area contributed by atoms with Gasteiger partial charge in [0.15, 0.2) is 0 Å². The third-order valence-corrected chi connectivity index (χ3v) is 4.80. The van der Waals surface area contributed by atoms with Gasteiger partial charge in [-0.3, -0.25) is 9.78 Å². The van der Waals surface area contributed by atoms with Gasteiger partial charge < -0.3 is 20.3 Å². The summed E-state index contributed by atoms with van der Waals surface area (Å²) in [4.78, 5) is 19.2. The predicted molar refractivity (Wildman–Crippen MR) is 116 cm³/mol. The Kier molecular flexibility index (Phi) is 5.72.